The zero-order valence-corrected chi connectivity index (χ0v) is 11.3. The van der Waals surface area contributed by atoms with E-state index in [0.717, 1.165) is 16.5 Å². The molecule has 20 heavy (non-hydrogen) atoms. The standard InChI is InChI=1S/C16H12ClNO2/c17-14-5-1-11(2-6-14)10-18-8-7-12-3-4-13(16(19)20)9-15(12)18/h1-9H,10H2,(H,19,20). The summed E-state index contributed by atoms with van der Waals surface area (Å²) in [4.78, 5) is 11.0. The molecule has 1 N–H and O–H groups in total. The minimum absolute atomic E-state index is 0.300. The van der Waals surface area contributed by atoms with E-state index in [4.69, 9.17) is 16.7 Å². The Bertz CT molecular complexity index is 775. The van der Waals surface area contributed by atoms with Crippen LogP contribution < -0.4 is 0 Å². The number of benzene rings is 2. The SMILES string of the molecule is O=C(O)c1ccc2ccn(Cc3ccc(Cl)cc3)c2c1. The van der Waals surface area contributed by atoms with Gasteiger partial charge in [-0.1, -0.05) is 29.8 Å². The van der Waals surface area contributed by atoms with Crippen LogP contribution in [0, 0.1) is 0 Å². The van der Waals surface area contributed by atoms with Crippen LogP contribution in [-0.2, 0) is 6.54 Å². The van der Waals surface area contributed by atoms with Crippen molar-refractivity contribution < 1.29 is 9.90 Å². The molecule has 100 valence electrons. The van der Waals surface area contributed by atoms with Crippen LogP contribution in [0.3, 0.4) is 0 Å². The van der Waals surface area contributed by atoms with Crippen LogP contribution in [0.2, 0.25) is 5.02 Å². The fourth-order valence-electron chi connectivity index (χ4n) is 2.24. The summed E-state index contributed by atoms with van der Waals surface area (Å²) in [7, 11) is 0. The van der Waals surface area contributed by atoms with Crippen LogP contribution in [0.15, 0.2) is 54.7 Å². The van der Waals surface area contributed by atoms with Gasteiger partial charge in [-0.15, -0.1) is 0 Å². The Labute approximate surface area is 121 Å². The molecule has 0 saturated carbocycles. The number of carboxylic acids is 1. The van der Waals surface area contributed by atoms with E-state index in [1.807, 2.05) is 47.2 Å². The van der Waals surface area contributed by atoms with Gasteiger partial charge in [0.1, 0.15) is 0 Å². The third kappa shape index (κ3) is 2.40. The number of carbonyl (C=O) groups is 1. The zero-order valence-electron chi connectivity index (χ0n) is 10.6. The van der Waals surface area contributed by atoms with Gasteiger partial charge in [-0.25, -0.2) is 4.79 Å². The maximum atomic E-state index is 11.0. The first-order valence-corrected chi connectivity index (χ1v) is 6.58. The second-order valence-electron chi connectivity index (χ2n) is 4.65. The third-order valence-electron chi connectivity index (χ3n) is 3.29. The van der Waals surface area contributed by atoms with E-state index in [-0.39, 0.29) is 0 Å². The second kappa shape index (κ2) is 5.02. The maximum Gasteiger partial charge on any atom is 0.335 e. The van der Waals surface area contributed by atoms with Gasteiger partial charge >= 0.3 is 5.97 Å². The van der Waals surface area contributed by atoms with Crippen LogP contribution in [0.5, 0.6) is 0 Å². The lowest BCUT2D eigenvalue weighted by molar-refractivity contribution is 0.0697. The topological polar surface area (TPSA) is 42.2 Å². The smallest absolute Gasteiger partial charge is 0.335 e. The Balaban J connectivity index is 2.00. The summed E-state index contributed by atoms with van der Waals surface area (Å²) in [5.74, 6) is -0.911. The summed E-state index contributed by atoms with van der Waals surface area (Å²) in [6.07, 6.45) is 1.96. The number of aromatic carboxylic acids is 1. The summed E-state index contributed by atoms with van der Waals surface area (Å²) in [6.45, 7) is 0.684. The Morgan fingerprint density at radius 1 is 1.10 bits per heavy atom. The summed E-state index contributed by atoms with van der Waals surface area (Å²) >= 11 is 5.87. The molecule has 2 aromatic carbocycles. The molecular weight excluding hydrogens is 274 g/mol. The fourth-order valence-corrected chi connectivity index (χ4v) is 2.37. The minimum atomic E-state index is -0.911. The van der Waals surface area contributed by atoms with Gasteiger partial charge in [0.05, 0.1) is 5.56 Å². The lowest BCUT2D eigenvalue weighted by Gasteiger charge is -2.06. The van der Waals surface area contributed by atoms with Gasteiger partial charge in [0, 0.05) is 23.3 Å². The van der Waals surface area contributed by atoms with E-state index >= 15 is 0 Å². The van der Waals surface area contributed by atoms with Gasteiger partial charge < -0.3 is 9.67 Å². The third-order valence-corrected chi connectivity index (χ3v) is 3.54. The van der Waals surface area contributed by atoms with Crippen molar-refractivity contribution in [2.45, 2.75) is 6.54 Å². The van der Waals surface area contributed by atoms with Gasteiger partial charge in [-0.05, 0) is 41.3 Å². The van der Waals surface area contributed by atoms with E-state index in [2.05, 4.69) is 0 Å². The molecule has 4 heteroatoms. The van der Waals surface area contributed by atoms with Crippen LogP contribution in [0.1, 0.15) is 15.9 Å². The molecule has 1 aromatic heterocycles. The fraction of sp³-hybridized carbons (Fsp3) is 0.0625. The number of fused-ring (bicyclic) bond motifs is 1. The summed E-state index contributed by atoms with van der Waals surface area (Å²) in [5.41, 5.74) is 2.33. The highest BCUT2D eigenvalue weighted by molar-refractivity contribution is 6.30. The number of nitrogens with zero attached hydrogens (tertiary/aromatic N) is 1. The first-order chi connectivity index (χ1) is 9.63. The molecule has 3 nitrogen and oxygen atoms in total. The first kappa shape index (κ1) is 12.8. The molecule has 3 aromatic rings. The molecular formula is C16H12ClNO2. The average Bonchev–Trinajstić information content (AvgIpc) is 2.84. The van der Waals surface area contributed by atoms with Crippen molar-refractivity contribution in [3.8, 4) is 0 Å². The molecule has 0 saturated heterocycles. The number of hydrogen-bond donors (Lipinski definition) is 1. The summed E-state index contributed by atoms with van der Waals surface area (Å²) < 4.78 is 2.03. The zero-order chi connectivity index (χ0) is 14.1. The quantitative estimate of drug-likeness (QED) is 0.789. The molecule has 0 fully saturated rings. The molecule has 1 heterocycles. The Morgan fingerprint density at radius 3 is 2.55 bits per heavy atom. The maximum absolute atomic E-state index is 11.0. The highest BCUT2D eigenvalue weighted by Gasteiger charge is 2.07. The number of carboxylic acid groups (broad SMARTS) is 1. The van der Waals surface area contributed by atoms with Crippen molar-refractivity contribution in [2.24, 2.45) is 0 Å². The van der Waals surface area contributed by atoms with E-state index in [9.17, 15) is 4.79 Å². The lowest BCUT2D eigenvalue weighted by Crippen LogP contribution is -2.00. The Kier molecular flexibility index (Phi) is 3.20. The molecule has 0 aliphatic heterocycles. The number of halogens is 1. The predicted molar refractivity (Wildman–Crippen MR) is 79.5 cm³/mol. The normalized spacial score (nSPS) is 10.8. The lowest BCUT2D eigenvalue weighted by atomic mass is 10.1. The molecule has 0 amide bonds. The van der Waals surface area contributed by atoms with E-state index in [1.165, 1.54) is 0 Å². The van der Waals surface area contributed by atoms with Gasteiger partial charge in [-0.2, -0.15) is 0 Å². The molecule has 0 unspecified atom stereocenters. The van der Waals surface area contributed by atoms with Crippen molar-refractivity contribution in [2.75, 3.05) is 0 Å². The predicted octanol–water partition coefficient (Wildman–Crippen LogP) is 4.04. The highest BCUT2D eigenvalue weighted by atomic mass is 35.5. The van der Waals surface area contributed by atoms with Crippen molar-refractivity contribution in [1.29, 1.82) is 0 Å². The first-order valence-electron chi connectivity index (χ1n) is 6.20. The molecule has 0 aliphatic carbocycles. The van der Waals surface area contributed by atoms with Gasteiger partial charge in [0.2, 0.25) is 0 Å². The summed E-state index contributed by atoms with van der Waals surface area (Å²) in [5, 5.41) is 10.8. The van der Waals surface area contributed by atoms with Crippen LogP contribution in [0.25, 0.3) is 10.9 Å². The van der Waals surface area contributed by atoms with Gasteiger partial charge in [0.15, 0.2) is 0 Å². The molecule has 0 atom stereocenters. The van der Waals surface area contributed by atoms with Gasteiger partial charge in [0.25, 0.3) is 0 Å². The largest absolute Gasteiger partial charge is 0.478 e. The van der Waals surface area contributed by atoms with E-state index < -0.39 is 5.97 Å². The van der Waals surface area contributed by atoms with Crippen molar-refractivity contribution in [3.63, 3.8) is 0 Å². The second-order valence-corrected chi connectivity index (χ2v) is 5.09. The van der Waals surface area contributed by atoms with Crippen LogP contribution in [-0.4, -0.2) is 15.6 Å². The van der Waals surface area contributed by atoms with Crippen molar-refractivity contribution in [1.82, 2.24) is 4.57 Å². The number of hydrogen-bond acceptors (Lipinski definition) is 1. The van der Waals surface area contributed by atoms with Crippen molar-refractivity contribution >= 4 is 28.5 Å². The molecule has 3 rings (SSSR count). The number of aromatic nitrogens is 1. The molecule has 0 bridgehead atoms. The molecule has 0 spiro atoms. The number of rotatable bonds is 3. The van der Waals surface area contributed by atoms with E-state index in [1.54, 1.807) is 12.1 Å². The average molecular weight is 286 g/mol. The molecule has 0 radical (unpaired) electrons. The molecule has 0 aliphatic rings. The minimum Gasteiger partial charge on any atom is -0.478 e. The highest BCUT2D eigenvalue weighted by Crippen LogP contribution is 2.20. The monoisotopic (exact) mass is 285 g/mol. The van der Waals surface area contributed by atoms with Crippen LogP contribution >= 0.6 is 11.6 Å². The van der Waals surface area contributed by atoms with E-state index in [0.29, 0.717) is 17.1 Å². The van der Waals surface area contributed by atoms with Crippen molar-refractivity contribution in [3.05, 3.63) is 70.9 Å². The Hall–Kier alpha value is -2.26. The Morgan fingerprint density at radius 2 is 1.85 bits per heavy atom. The summed E-state index contributed by atoms with van der Waals surface area (Å²) in [6, 6.07) is 14.8. The van der Waals surface area contributed by atoms with Gasteiger partial charge in [-0.3, -0.25) is 0 Å². The van der Waals surface area contributed by atoms with Crippen LogP contribution in [0.4, 0.5) is 0 Å².